The van der Waals surface area contributed by atoms with Gasteiger partial charge >= 0.3 is 5.97 Å². The van der Waals surface area contributed by atoms with Crippen molar-refractivity contribution in [3.63, 3.8) is 0 Å². The van der Waals surface area contributed by atoms with Gasteiger partial charge in [0.15, 0.2) is 17.3 Å². The van der Waals surface area contributed by atoms with Crippen molar-refractivity contribution in [2.24, 2.45) is 0 Å². The monoisotopic (exact) mass is 319 g/mol. The van der Waals surface area contributed by atoms with Gasteiger partial charge in [-0.2, -0.15) is 0 Å². The maximum atomic E-state index is 12.4. The van der Waals surface area contributed by atoms with E-state index in [-0.39, 0.29) is 18.2 Å². The van der Waals surface area contributed by atoms with Gasteiger partial charge in [0.05, 0.1) is 6.42 Å². The highest BCUT2D eigenvalue weighted by Gasteiger charge is 2.27. The van der Waals surface area contributed by atoms with Crippen LogP contribution in [0.5, 0.6) is 11.5 Å². The molecule has 2 heterocycles. The number of carboxylic acids is 1. The van der Waals surface area contributed by atoms with Crippen LogP contribution < -0.4 is 9.47 Å². The van der Waals surface area contributed by atoms with E-state index in [1.54, 1.807) is 18.2 Å². The minimum Gasteiger partial charge on any atom is -0.486 e. The number of hydrogen-bond acceptors (Lipinski definition) is 5. The zero-order valence-electron chi connectivity index (χ0n) is 13.0. The molecule has 1 saturated heterocycles. The molecular formula is C17H21NO5. The smallest absolute Gasteiger partial charge is 0.304 e. The van der Waals surface area contributed by atoms with Gasteiger partial charge in [0, 0.05) is 24.6 Å². The molecule has 0 aromatic heterocycles. The van der Waals surface area contributed by atoms with E-state index in [4.69, 9.17) is 14.6 Å². The summed E-state index contributed by atoms with van der Waals surface area (Å²) in [5, 5.41) is 8.94. The number of hydrogen-bond donors (Lipinski definition) is 1. The van der Waals surface area contributed by atoms with Gasteiger partial charge in [-0.15, -0.1) is 0 Å². The fourth-order valence-electron chi connectivity index (χ4n) is 3.23. The summed E-state index contributed by atoms with van der Waals surface area (Å²) in [6.45, 7) is 2.49. The number of benzene rings is 1. The first-order chi connectivity index (χ1) is 11.1. The number of likely N-dealkylation sites (tertiary alicyclic amines) is 1. The average Bonchev–Trinajstić information content (AvgIpc) is 2.98. The van der Waals surface area contributed by atoms with Crippen molar-refractivity contribution in [3.8, 4) is 11.5 Å². The molecule has 23 heavy (non-hydrogen) atoms. The minimum absolute atomic E-state index is 0.0444. The molecule has 0 radical (unpaired) electrons. The van der Waals surface area contributed by atoms with E-state index < -0.39 is 5.97 Å². The average molecular weight is 319 g/mol. The van der Waals surface area contributed by atoms with Gasteiger partial charge in [0.1, 0.15) is 13.2 Å². The van der Waals surface area contributed by atoms with Gasteiger partial charge in [-0.25, -0.2) is 0 Å². The molecule has 3 rings (SSSR count). The minimum atomic E-state index is -0.778. The number of aliphatic carboxylic acids is 1. The van der Waals surface area contributed by atoms with E-state index >= 15 is 0 Å². The van der Waals surface area contributed by atoms with Crippen molar-refractivity contribution in [1.82, 2.24) is 4.90 Å². The molecule has 0 saturated carbocycles. The molecule has 1 atom stereocenters. The van der Waals surface area contributed by atoms with Crippen LogP contribution in [0.4, 0.5) is 0 Å². The Morgan fingerprint density at radius 2 is 2.00 bits per heavy atom. The van der Waals surface area contributed by atoms with E-state index in [0.29, 0.717) is 43.2 Å². The molecule has 6 heteroatoms. The van der Waals surface area contributed by atoms with Crippen molar-refractivity contribution < 1.29 is 24.2 Å². The number of ketones is 1. The Hall–Kier alpha value is -2.08. The lowest BCUT2D eigenvalue weighted by Crippen LogP contribution is -2.33. The molecule has 6 nitrogen and oxygen atoms in total. The maximum Gasteiger partial charge on any atom is 0.304 e. The zero-order valence-corrected chi connectivity index (χ0v) is 13.0. The quantitative estimate of drug-likeness (QED) is 0.808. The molecule has 0 bridgehead atoms. The van der Waals surface area contributed by atoms with E-state index in [1.807, 2.05) is 0 Å². The summed E-state index contributed by atoms with van der Waals surface area (Å²) >= 11 is 0. The maximum absolute atomic E-state index is 12.4. The number of carboxylic acid groups (broad SMARTS) is 1. The third-order valence-electron chi connectivity index (χ3n) is 4.40. The lowest BCUT2D eigenvalue weighted by molar-refractivity contribution is -0.138. The number of fused-ring (bicyclic) bond motifs is 1. The summed E-state index contributed by atoms with van der Waals surface area (Å²) in [5.74, 6) is 0.559. The highest BCUT2D eigenvalue weighted by Crippen LogP contribution is 2.31. The Labute approximate surface area is 135 Å². The number of carbonyl (C=O) groups excluding carboxylic acids is 1. The van der Waals surface area contributed by atoms with Crippen molar-refractivity contribution in [2.75, 3.05) is 26.3 Å². The van der Waals surface area contributed by atoms with Crippen LogP contribution in [-0.4, -0.2) is 54.1 Å². The molecule has 0 aliphatic carbocycles. The van der Waals surface area contributed by atoms with Gasteiger partial charge < -0.3 is 14.6 Å². The second kappa shape index (κ2) is 7.00. The number of carbonyl (C=O) groups is 2. The zero-order chi connectivity index (χ0) is 16.2. The van der Waals surface area contributed by atoms with Crippen LogP contribution in [0.2, 0.25) is 0 Å². The summed E-state index contributed by atoms with van der Waals surface area (Å²) < 4.78 is 11.0. The summed E-state index contributed by atoms with van der Waals surface area (Å²) in [6.07, 6.45) is 2.43. The predicted molar refractivity (Wildman–Crippen MR) is 83.2 cm³/mol. The fourth-order valence-corrected chi connectivity index (χ4v) is 3.23. The van der Waals surface area contributed by atoms with Crippen molar-refractivity contribution in [3.05, 3.63) is 23.8 Å². The molecule has 124 valence electrons. The largest absolute Gasteiger partial charge is 0.486 e. The number of rotatable bonds is 6. The van der Waals surface area contributed by atoms with Gasteiger partial charge in [-0.1, -0.05) is 0 Å². The van der Waals surface area contributed by atoms with E-state index in [0.717, 1.165) is 19.4 Å². The van der Waals surface area contributed by atoms with Crippen LogP contribution >= 0.6 is 0 Å². The molecule has 2 aliphatic heterocycles. The first-order valence-corrected chi connectivity index (χ1v) is 8.02. The fraction of sp³-hybridized carbons (Fsp3) is 0.529. The predicted octanol–water partition coefficient (Wildman–Crippen LogP) is 1.97. The molecule has 1 aromatic rings. The van der Waals surface area contributed by atoms with Crippen LogP contribution in [0, 0.1) is 0 Å². The molecule has 1 fully saturated rings. The summed E-state index contributed by atoms with van der Waals surface area (Å²) in [4.78, 5) is 25.4. The molecule has 1 aromatic carbocycles. The summed E-state index contributed by atoms with van der Waals surface area (Å²) in [7, 11) is 0. The molecular weight excluding hydrogens is 298 g/mol. The second-order valence-electron chi connectivity index (χ2n) is 5.96. The highest BCUT2D eigenvalue weighted by atomic mass is 16.6. The first kappa shape index (κ1) is 15.8. The normalized spacial score (nSPS) is 20.4. The Bertz CT molecular complexity index is 601. The number of Topliss-reactive ketones (excluding diaryl/α,β-unsaturated/α-hetero) is 1. The third-order valence-corrected chi connectivity index (χ3v) is 4.40. The van der Waals surface area contributed by atoms with Crippen LogP contribution in [-0.2, 0) is 4.79 Å². The van der Waals surface area contributed by atoms with Crippen molar-refractivity contribution in [2.45, 2.75) is 31.7 Å². The van der Waals surface area contributed by atoms with Gasteiger partial charge in [0.2, 0.25) is 0 Å². The van der Waals surface area contributed by atoms with Crippen LogP contribution in [0.3, 0.4) is 0 Å². The Kier molecular flexibility index (Phi) is 4.81. The molecule has 2 aliphatic rings. The highest BCUT2D eigenvalue weighted by molar-refractivity contribution is 5.96. The number of nitrogens with zero attached hydrogens (tertiary/aromatic N) is 1. The van der Waals surface area contributed by atoms with Gasteiger partial charge in [0.25, 0.3) is 0 Å². The molecule has 1 N–H and O–H groups in total. The van der Waals surface area contributed by atoms with Crippen LogP contribution in [0.1, 0.15) is 36.0 Å². The Morgan fingerprint density at radius 1 is 1.22 bits per heavy atom. The molecule has 1 unspecified atom stereocenters. The SMILES string of the molecule is O=C(O)CC1CCCN1CCC(=O)c1ccc2c(c1)OCCO2. The van der Waals surface area contributed by atoms with E-state index in [9.17, 15) is 9.59 Å². The van der Waals surface area contributed by atoms with Crippen molar-refractivity contribution >= 4 is 11.8 Å². The van der Waals surface area contributed by atoms with Gasteiger partial charge in [-0.05, 0) is 37.6 Å². The summed E-state index contributed by atoms with van der Waals surface area (Å²) in [5.41, 5.74) is 0.614. The third kappa shape index (κ3) is 3.82. The second-order valence-corrected chi connectivity index (χ2v) is 5.96. The van der Waals surface area contributed by atoms with E-state index in [1.165, 1.54) is 0 Å². The van der Waals surface area contributed by atoms with Crippen LogP contribution in [0.15, 0.2) is 18.2 Å². The lowest BCUT2D eigenvalue weighted by atomic mass is 10.1. The number of ether oxygens (including phenoxy) is 2. The molecule has 0 amide bonds. The van der Waals surface area contributed by atoms with Crippen LogP contribution in [0.25, 0.3) is 0 Å². The van der Waals surface area contributed by atoms with Gasteiger partial charge in [-0.3, -0.25) is 14.5 Å². The Morgan fingerprint density at radius 3 is 2.78 bits per heavy atom. The van der Waals surface area contributed by atoms with Crippen molar-refractivity contribution in [1.29, 1.82) is 0 Å². The summed E-state index contributed by atoms with van der Waals surface area (Å²) in [6, 6.07) is 5.31. The Balaban J connectivity index is 1.58. The van der Waals surface area contributed by atoms with E-state index in [2.05, 4.69) is 4.90 Å². The first-order valence-electron chi connectivity index (χ1n) is 8.02. The standard InChI is InChI=1S/C17H21NO5/c19-14(5-7-18-6-1-2-13(18)11-17(20)21)12-3-4-15-16(10-12)23-9-8-22-15/h3-4,10,13H,1-2,5-9,11H2,(H,20,21). The topological polar surface area (TPSA) is 76.1 Å². The molecule has 0 spiro atoms. The lowest BCUT2D eigenvalue weighted by Gasteiger charge is -2.23.